The van der Waals surface area contributed by atoms with Crippen LogP contribution in [0.3, 0.4) is 0 Å². The highest BCUT2D eigenvalue weighted by molar-refractivity contribution is 6.31. The van der Waals surface area contributed by atoms with Gasteiger partial charge in [-0.3, -0.25) is 4.68 Å². The lowest BCUT2D eigenvalue weighted by Crippen LogP contribution is -2.10. The molecule has 1 unspecified atom stereocenters. The monoisotopic (exact) mass is 324 g/mol. The Labute approximate surface area is 137 Å². The molecule has 1 atom stereocenters. The van der Waals surface area contributed by atoms with Crippen molar-refractivity contribution in [3.63, 3.8) is 0 Å². The van der Waals surface area contributed by atoms with Gasteiger partial charge in [-0.15, -0.1) is 11.6 Å². The number of hydrogen-bond donors (Lipinski definition) is 0. The van der Waals surface area contributed by atoms with Gasteiger partial charge in [0.25, 0.3) is 0 Å². The molecule has 2 nitrogen and oxygen atoms in total. The van der Waals surface area contributed by atoms with Gasteiger partial charge in [0.15, 0.2) is 0 Å². The fourth-order valence-electron chi connectivity index (χ4n) is 2.63. The molecular formula is C17H22Cl2N2. The van der Waals surface area contributed by atoms with Gasteiger partial charge in [-0.1, -0.05) is 48.4 Å². The van der Waals surface area contributed by atoms with Crippen LogP contribution in [0.25, 0.3) is 0 Å². The number of halogens is 2. The van der Waals surface area contributed by atoms with Crippen molar-refractivity contribution in [1.29, 1.82) is 0 Å². The minimum absolute atomic E-state index is 0.260. The smallest absolute Gasteiger partial charge is 0.0850 e. The molecule has 0 spiro atoms. The Hall–Kier alpha value is -0.990. The lowest BCUT2D eigenvalue weighted by atomic mass is 9.94. The minimum atomic E-state index is 0.260. The van der Waals surface area contributed by atoms with Gasteiger partial charge in [-0.2, -0.15) is 5.10 Å². The first-order valence-electron chi connectivity index (χ1n) is 7.47. The third-order valence-electron chi connectivity index (χ3n) is 3.83. The van der Waals surface area contributed by atoms with Crippen molar-refractivity contribution < 1.29 is 0 Å². The Morgan fingerprint density at radius 3 is 2.62 bits per heavy atom. The highest BCUT2D eigenvalue weighted by Gasteiger charge is 2.19. The summed E-state index contributed by atoms with van der Waals surface area (Å²) in [6.45, 7) is 7.11. The van der Waals surface area contributed by atoms with Crippen molar-refractivity contribution in [3.05, 3.63) is 51.8 Å². The molecular weight excluding hydrogens is 303 g/mol. The van der Waals surface area contributed by atoms with Crippen LogP contribution in [-0.4, -0.2) is 15.7 Å². The molecule has 1 heterocycles. The highest BCUT2D eigenvalue weighted by atomic mass is 35.5. The Morgan fingerprint density at radius 1 is 1.29 bits per heavy atom. The third kappa shape index (κ3) is 3.61. The molecule has 114 valence electrons. The second-order valence-corrected chi connectivity index (χ2v) is 6.03. The van der Waals surface area contributed by atoms with Crippen LogP contribution >= 0.6 is 23.2 Å². The Balaban J connectivity index is 2.32. The summed E-state index contributed by atoms with van der Waals surface area (Å²) >= 11 is 12.7. The van der Waals surface area contributed by atoms with Gasteiger partial charge in [0, 0.05) is 18.3 Å². The molecule has 0 saturated heterocycles. The van der Waals surface area contributed by atoms with Crippen LogP contribution in [0.5, 0.6) is 0 Å². The number of benzene rings is 1. The van der Waals surface area contributed by atoms with E-state index in [4.69, 9.17) is 23.2 Å². The van der Waals surface area contributed by atoms with E-state index in [0.717, 1.165) is 35.8 Å². The molecule has 2 aromatic rings. The van der Waals surface area contributed by atoms with Crippen molar-refractivity contribution in [3.8, 4) is 0 Å². The summed E-state index contributed by atoms with van der Waals surface area (Å²) in [5.74, 6) is 0.839. The van der Waals surface area contributed by atoms with Crippen molar-refractivity contribution in [2.24, 2.45) is 0 Å². The van der Waals surface area contributed by atoms with Gasteiger partial charge in [-0.25, -0.2) is 0 Å². The molecule has 0 N–H and O–H groups in total. The SMILES string of the molecule is CCc1nn(CC)c(CC(CCl)c2cccc(C)c2)c1Cl. The zero-order valence-corrected chi connectivity index (χ0v) is 14.4. The van der Waals surface area contributed by atoms with Crippen LogP contribution in [-0.2, 0) is 19.4 Å². The third-order valence-corrected chi connectivity index (χ3v) is 4.64. The maximum atomic E-state index is 6.50. The first-order chi connectivity index (χ1) is 10.1. The van der Waals surface area contributed by atoms with Gasteiger partial charge >= 0.3 is 0 Å². The summed E-state index contributed by atoms with van der Waals surface area (Å²) in [6, 6.07) is 8.53. The summed E-state index contributed by atoms with van der Waals surface area (Å²) in [7, 11) is 0. The van der Waals surface area contributed by atoms with E-state index < -0.39 is 0 Å². The summed E-state index contributed by atoms with van der Waals surface area (Å²) < 4.78 is 2.01. The molecule has 0 bridgehead atoms. The number of aromatic nitrogens is 2. The van der Waals surface area contributed by atoms with E-state index in [1.807, 2.05) is 4.68 Å². The van der Waals surface area contributed by atoms with Gasteiger partial charge < -0.3 is 0 Å². The lowest BCUT2D eigenvalue weighted by molar-refractivity contribution is 0.593. The number of aryl methyl sites for hydroxylation is 3. The van der Waals surface area contributed by atoms with E-state index in [0.29, 0.717) is 5.88 Å². The summed E-state index contributed by atoms with van der Waals surface area (Å²) in [6.07, 6.45) is 1.68. The number of nitrogens with zero attached hydrogens (tertiary/aromatic N) is 2. The van der Waals surface area contributed by atoms with Crippen molar-refractivity contribution in [1.82, 2.24) is 9.78 Å². The molecule has 4 heteroatoms. The molecule has 0 aliphatic rings. The normalized spacial score (nSPS) is 12.6. The van der Waals surface area contributed by atoms with E-state index in [9.17, 15) is 0 Å². The fourth-order valence-corrected chi connectivity index (χ4v) is 3.26. The first kappa shape index (κ1) is 16.4. The van der Waals surface area contributed by atoms with Crippen molar-refractivity contribution in [2.75, 3.05) is 5.88 Å². The predicted molar refractivity (Wildman–Crippen MR) is 90.6 cm³/mol. The van der Waals surface area contributed by atoms with Crippen LogP contribution in [0.1, 0.15) is 42.3 Å². The molecule has 0 aliphatic carbocycles. The molecule has 0 amide bonds. The molecule has 2 rings (SSSR count). The zero-order valence-electron chi connectivity index (χ0n) is 12.9. The van der Waals surface area contributed by atoms with Crippen LogP contribution < -0.4 is 0 Å². The summed E-state index contributed by atoms with van der Waals surface area (Å²) in [5.41, 5.74) is 4.60. The van der Waals surface area contributed by atoms with Gasteiger partial charge in [0.2, 0.25) is 0 Å². The molecule has 0 fully saturated rings. The summed E-state index contributed by atoms with van der Waals surface area (Å²) in [5, 5.41) is 5.39. The number of hydrogen-bond acceptors (Lipinski definition) is 1. The van der Waals surface area contributed by atoms with E-state index in [2.05, 4.69) is 50.1 Å². The number of rotatable bonds is 6. The maximum absolute atomic E-state index is 6.50. The van der Waals surface area contributed by atoms with Crippen LogP contribution in [0.2, 0.25) is 5.02 Å². The molecule has 0 saturated carbocycles. The van der Waals surface area contributed by atoms with E-state index in [-0.39, 0.29) is 5.92 Å². The predicted octanol–water partition coefficient (Wildman–Crippen LogP) is 4.99. The summed E-state index contributed by atoms with van der Waals surface area (Å²) in [4.78, 5) is 0. The fraction of sp³-hybridized carbons (Fsp3) is 0.471. The van der Waals surface area contributed by atoms with Gasteiger partial charge in [-0.05, 0) is 32.3 Å². The van der Waals surface area contributed by atoms with Crippen LogP contribution in [0.15, 0.2) is 24.3 Å². The number of alkyl halides is 1. The van der Waals surface area contributed by atoms with Crippen molar-refractivity contribution >= 4 is 23.2 Å². The Kier molecular flexibility index (Phi) is 5.72. The average Bonchev–Trinajstić information content (AvgIpc) is 2.80. The van der Waals surface area contributed by atoms with Crippen molar-refractivity contribution in [2.45, 2.75) is 46.1 Å². The topological polar surface area (TPSA) is 17.8 Å². The van der Waals surface area contributed by atoms with Gasteiger partial charge in [0.1, 0.15) is 0 Å². The van der Waals surface area contributed by atoms with E-state index in [1.54, 1.807) is 0 Å². The average molecular weight is 325 g/mol. The first-order valence-corrected chi connectivity index (χ1v) is 8.38. The second kappa shape index (κ2) is 7.33. The quantitative estimate of drug-likeness (QED) is 0.684. The molecule has 1 aromatic carbocycles. The Bertz CT molecular complexity index is 605. The molecule has 21 heavy (non-hydrogen) atoms. The lowest BCUT2D eigenvalue weighted by Gasteiger charge is -2.16. The minimum Gasteiger partial charge on any atom is -0.268 e. The second-order valence-electron chi connectivity index (χ2n) is 5.35. The highest BCUT2D eigenvalue weighted by Crippen LogP contribution is 2.29. The maximum Gasteiger partial charge on any atom is 0.0850 e. The van der Waals surface area contributed by atoms with Gasteiger partial charge in [0.05, 0.1) is 16.4 Å². The van der Waals surface area contributed by atoms with E-state index >= 15 is 0 Å². The molecule has 0 aliphatic heterocycles. The van der Waals surface area contributed by atoms with Crippen LogP contribution in [0.4, 0.5) is 0 Å². The largest absolute Gasteiger partial charge is 0.268 e. The molecule has 1 aromatic heterocycles. The standard InChI is InChI=1S/C17H22Cl2N2/c1-4-15-17(19)16(21(5-2)20-15)10-14(11-18)13-8-6-7-12(3)9-13/h6-9,14H,4-5,10-11H2,1-3H3. The zero-order chi connectivity index (χ0) is 15.4. The molecule has 0 radical (unpaired) electrons. The van der Waals surface area contributed by atoms with E-state index in [1.165, 1.54) is 11.1 Å². The Morgan fingerprint density at radius 2 is 2.05 bits per heavy atom. The van der Waals surface area contributed by atoms with Crippen LogP contribution in [0, 0.1) is 6.92 Å².